The normalized spacial score (nSPS) is 12.2. The Morgan fingerprint density at radius 3 is 2.81 bits per heavy atom. The van der Waals surface area contributed by atoms with E-state index in [9.17, 15) is 0 Å². The highest BCUT2D eigenvalue weighted by molar-refractivity contribution is 5.76. The molecule has 0 unspecified atom stereocenters. The third-order valence-electron chi connectivity index (χ3n) is 3.37. The van der Waals surface area contributed by atoms with Gasteiger partial charge in [-0.1, -0.05) is 32.1 Å². The minimum absolute atomic E-state index is 0.0809. The van der Waals surface area contributed by atoms with Crippen molar-refractivity contribution in [1.82, 2.24) is 20.0 Å². The van der Waals surface area contributed by atoms with E-state index in [4.69, 9.17) is 10.2 Å². The van der Waals surface area contributed by atoms with Crippen LogP contribution in [0, 0.1) is 0 Å². The first-order valence-corrected chi connectivity index (χ1v) is 6.99. The summed E-state index contributed by atoms with van der Waals surface area (Å²) >= 11 is 0. The lowest BCUT2D eigenvalue weighted by atomic mass is 9.87. The van der Waals surface area contributed by atoms with Gasteiger partial charge in [0.05, 0.1) is 12.7 Å². The van der Waals surface area contributed by atoms with Crippen LogP contribution in [-0.2, 0) is 12.0 Å². The molecule has 0 saturated heterocycles. The van der Waals surface area contributed by atoms with Crippen LogP contribution in [0.3, 0.4) is 0 Å². The highest BCUT2D eigenvalue weighted by Gasteiger charge is 2.17. The van der Waals surface area contributed by atoms with Crippen LogP contribution in [0.2, 0.25) is 0 Å². The van der Waals surface area contributed by atoms with E-state index in [-0.39, 0.29) is 5.41 Å². The van der Waals surface area contributed by atoms with Gasteiger partial charge in [-0.3, -0.25) is 4.68 Å². The molecule has 0 aliphatic carbocycles. The quantitative estimate of drug-likeness (QED) is 0.798. The minimum Gasteiger partial charge on any atom is -0.435 e. The molecule has 1 aromatic carbocycles. The van der Waals surface area contributed by atoms with Crippen molar-refractivity contribution >= 4 is 11.1 Å². The van der Waals surface area contributed by atoms with Gasteiger partial charge in [-0.15, -0.1) is 5.10 Å². The average molecular weight is 285 g/mol. The molecule has 0 saturated carbocycles. The number of fused-ring (bicyclic) bond motifs is 1. The van der Waals surface area contributed by atoms with Gasteiger partial charge in [0.2, 0.25) is 5.89 Å². The Morgan fingerprint density at radius 1 is 1.29 bits per heavy atom. The molecular weight excluding hydrogens is 266 g/mol. The van der Waals surface area contributed by atoms with E-state index in [1.165, 1.54) is 5.56 Å². The Morgan fingerprint density at radius 2 is 2.10 bits per heavy atom. The molecule has 2 N–H and O–H groups in total. The Kier molecular flexibility index (Phi) is 3.25. The first kappa shape index (κ1) is 13.8. The van der Waals surface area contributed by atoms with Crippen LogP contribution < -0.4 is 5.73 Å². The number of hydrogen-bond donors (Lipinski definition) is 1. The Labute approximate surface area is 123 Å². The number of hydrogen-bond acceptors (Lipinski definition) is 5. The number of nitrogens with zero attached hydrogens (tertiary/aromatic N) is 4. The van der Waals surface area contributed by atoms with Crippen LogP contribution in [0.5, 0.6) is 0 Å². The lowest BCUT2D eigenvalue weighted by molar-refractivity contribution is 0.590. The van der Waals surface area contributed by atoms with Crippen LogP contribution in [0.4, 0.5) is 0 Å². The van der Waals surface area contributed by atoms with Crippen molar-refractivity contribution in [3.8, 4) is 11.6 Å². The van der Waals surface area contributed by atoms with Crippen LogP contribution in [0.15, 0.2) is 28.8 Å². The lowest BCUT2D eigenvalue weighted by Gasteiger charge is -2.18. The van der Waals surface area contributed by atoms with Gasteiger partial charge in [0, 0.05) is 6.54 Å². The summed E-state index contributed by atoms with van der Waals surface area (Å²) in [4.78, 5) is 4.52. The molecule has 0 fully saturated rings. The molecular formula is C15H19N5O. The number of oxazole rings is 1. The van der Waals surface area contributed by atoms with Gasteiger partial charge in [-0.05, 0) is 23.1 Å². The third-order valence-corrected chi connectivity index (χ3v) is 3.37. The van der Waals surface area contributed by atoms with Crippen molar-refractivity contribution in [3.63, 3.8) is 0 Å². The molecule has 0 radical (unpaired) electrons. The van der Waals surface area contributed by atoms with Gasteiger partial charge >= 0.3 is 0 Å². The number of rotatable bonds is 3. The molecule has 110 valence electrons. The fraction of sp³-hybridized carbons (Fsp3) is 0.400. The van der Waals surface area contributed by atoms with E-state index in [0.29, 0.717) is 24.7 Å². The van der Waals surface area contributed by atoms with Crippen molar-refractivity contribution in [1.29, 1.82) is 0 Å². The maximum Gasteiger partial charge on any atom is 0.249 e. The first-order valence-electron chi connectivity index (χ1n) is 6.99. The summed E-state index contributed by atoms with van der Waals surface area (Å²) in [5.74, 6) is 0.485. The zero-order valence-corrected chi connectivity index (χ0v) is 12.5. The van der Waals surface area contributed by atoms with E-state index in [2.05, 4.69) is 48.2 Å². The molecule has 0 atom stereocenters. The molecule has 0 aliphatic rings. The second-order valence-corrected chi connectivity index (χ2v) is 6.11. The molecule has 6 nitrogen and oxygen atoms in total. The summed E-state index contributed by atoms with van der Waals surface area (Å²) in [6.07, 6.45) is 1.79. The predicted molar refractivity (Wildman–Crippen MR) is 80.8 cm³/mol. The average Bonchev–Trinajstić information content (AvgIpc) is 3.02. The number of aromatic nitrogens is 4. The van der Waals surface area contributed by atoms with Gasteiger partial charge in [0.15, 0.2) is 11.3 Å². The monoisotopic (exact) mass is 285 g/mol. The Bertz CT molecular complexity index is 766. The smallest absolute Gasteiger partial charge is 0.249 e. The Hall–Kier alpha value is -2.21. The molecule has 3 aromatic rings. The SMILES string of the molecule is CC(C)(C)c1ccc2oc(-c3cn(CCN)nn3)nc2c1. The molecule has 0 aliphatic heterocycles. The fourth-order valence-electron chi connectivity index (χ4n) is 2.14. The summed E-state index contributed by atoms with van der Waals surface area (Å²) < 4.78 is 7.44. The highest BCUT2D eigenvalue weighted by atomic mass is 16.3. The zero-order valence-electron chi connectivity index (χ0n) is 12.5. The number of benzene rings is 1. The molecule has 6 heteroatoms. The van der Waals surface area contributed by atoms with E-state index in [0.717, 1.165) is 11.1 Å². The topological polar surface area (TPSA) is 82.8 Å². The molecule has 2 aromatic heterocycles. The largest absolute Gasteiger partial charge is 0.435 e. The van der Waals surface area contributed by atoms with E-state index >= 15 is 0 Å². The molecule has 0 spiro atoms. The van der Waals surface area contributed by atoms with Crippen molar-refractivity contribution in [2.75, 3.05) is 6.54 Å². The Balaban J connectivity index is 2.00. The van der Waals surface area contributed by atoms with E-state index < -0.39 is 0 Å². The third kappa shape index (κ3) is 2.67. The number of nitrogens with two attached hydrogens (primary N) is 1. The van der Waals surface area contributed by atoms with Crippen molar-refractivity contribution in [2.24, 2.45) is 5.73 Å². The van der Waals surface area contributed by atoms with Crippen molar-refractivity contribution in [3.05, 3.63) is 30.0 Å². The van der Waals surface area contributed by atoms with Gasteiger partial charge in [-0.2, -0.15) is 0 Å². The molecule has 3 rings (SSSR count). The van der Waals surface area contributed by atoms with Gasteiger partial charge in [0.25, 0.3) is 0 Å². The molecule has 21 heavy (non-hydrogen) atoms. The molecule has 2 heterocycles. The first-order chi connectivity index (χ1) is 9.97. The van der Waals surface area contributed by atoms with Crippen molar-refractivity contribution in [2.45, 2.75) is 32.7 Å². The molecule has 0 amide bonds. The van der Waals surface area contributed by atoms with Crippen LogP contribution in [0.25, 0.3) is 22.7 Å². The van der Waals surface area contributed by atoms with Crippen molar-refractivity contribution < 1.29 is 4.42 Å². The predicted octanol–water partition coefficient (Wildman–Crippen LogP) is 2.34. The summed E-state index contributed by atoms with van der Waals surface area (Å²) in [6.45, 7) is 7.67. The van der Waals surface area contributed by atoms with Gasteiger partial charge in [-0.25, -0.2) is 4.98 Å². The molecule has 0 bridgehead atoms. The fourth-order valence-corrected chi connectivity index (χ4v) is 2.14. The van der Waals surface area contributed by atoms with E-state index in [1.54, 1.807) is 10.9 Å². The second kappa shape index (κ2) is 4.96. The maximum atomic E-state index is 5.76. The standard InChI is InChI=1S/C15H19N5O/c1-15(2,3)10-4-5-13-11(8-10)17-14(21-13)12-9-20(7-6-16)19-18-12/h4-5,8-9H,6-7,16H2,1-3H3. The second-order valence-electron chi connectivity index (χ2n) is 6.11. The summed E-state index contributed by atoms with van der Waals surface area (Å²) in [7, 11) is 0. The van der Waals surface area contributed by atoms with Crippen LogP contribution in [0.1, 0.15) is 26.3 Å². The zero-order chi connectivity index (χ0) is 15.0. The highest BCUT2D eigenvalue weighted by Crippen LogP contribution is 2.28. The summed E-state index contributed by atoms with van der Waals surface area (Å²) in [6, 6.07) is 6.09. The van der Waals surface area contributed by atoms with Gasteiger partial charge in [0.1, 0.15) is 5.52 Å². The van der Waals surface area contributed by atoms with Gasteiger partial charge < -0.3 is 10.2 Å². The minimum atomic E-state index is 0.0809. The summed E-state index contributed by atoms with van der Waals surface area (Å²) in [5.41, 5.74) is 9.02. The van der Waals surface area contributed by atoms with Crippen LogP contribution >= 0.6 is 0 Å². The van der Waals surface area contributed by atoms with Crippen LogP contribution in [-0.4, -0.2) is 26.5 Å². The maximum absolute atomic E-state index is 5.76. The van der Waals surface area contributed by atoms with E-state index in [1.807, 2.05) is 6.07 Å². The summed E-state index contributed by atoms with van der Waals surface area (Å²) in [5, 5.41) is 8.07. The lowest BCUT2D eigenvalue weighted by Crippen LogP contribution is -2.10.